The van der Waals surface area contributed by atoms with Gasteiger partial charge in [-0.3, -0.25) is 0 Å². The number of rotatable bonds is 3. The molecule has 0 bridgehead atoms. The Balaban J connectivity index is 2.44. The number of hydrogen-bond acceptors (Lipinski definition) is 2. The highest BCUT2D eigenvalue weighted by Crippen LogP contribution is 2.38. The minimum Gasteiger partial charge on any atom is -0.224 e. The van der Waals surface area contributed by atoms with Gasteiger partial charge in [0.1, 0.15) is 10.7 Å². The van der Waals surface area contributed by atoms with Gasteiger partial charge in [-0.05, 0) is 29.7 Å². The van der Waals surface area contributed by atoms with E-state index in [4.69, 9.17) is 0 Å². The quantitative estimate of drug-likeness (QED) is 0.659. The van der Waals surface area contributed by atoms with Crippen molar-refractivity contribution in [2.75, 3.05) is 6.26 Å². The lowest BCUT2D eigenvalue weighted by molar-refractivity contribution is 0.524. The number of halogens is 2. The van der Waals surface area contributed by atoms with Gasteiger partial charge in [-0.2, -0.15) is 0 Å². The van der Waals surface area contributed by atoms with Crippen LogP contribution in [0.4, 0.5) is 8.78 Å². The second-order valence-electron chi connectivity index (χ2n) is 5.93. The van der Waals surface area contributed by atoms with Crippen molar-refractivity contribution >= 4 is 9.84 Å². The Morgan fingerprint density at radius 3 is 2.08 bits per heavy atom. The van der Waals surface area contributed by atoms with Crippen LogP contribution in [0.3, 0.4) is 0 Å². The highest BCUT2D eigenvalue weighted by Gasteiger charge is 2.26. The summed E-state index contributed by atoms with van der Waals surface area (Å²) in [6.45, 7) is 1.85. The molecule has 3 rings (SSSR count). The molecule has 0 amide bonds. The third kappa shape index (κ3) is 3.33. The van der Waals surface area contributed by atoms with Gasteiger partial charge in [-0.1, -0.05) is 60.2 Å². The van der Waals surface area contributed by atoms with Crippen LogP contribution < -0.4 is 0 Å². The van der Waals surface area contributed by atoms with Crippen molar-refractivity contribution in [2.45, 2.75) is 11.8 Å². The van der Waals surface area contributed by atoms with Gasteiger partial charge < -0.3 is 0 Å². The molecule has 2 nitrogen and oxygen atoms in total. The smallest absolute Gasteiger partial charge is 0.181 e. The van der Waals surface area contributed by atoms with Crippen LogP contribution in [0, 0.1) is 18.6 Å². The Labute approximate surface area is 145 Å². The first-order chi connectivity index (χ1) is 11.8. The van der Waals surface area contributed by atoms with Crippen LogP contribution in [-0.4, -0.2) is 14.7 Å². The monoisotopic (exact) mass is 358 g/mol. The maximum Gasteiger partial charge on any atom is 0.181 e. The van der Waals surface area contributed by atoms with Gasteiger partial charge in [-0.15, -0.1) is 0 Å². The van der Waals surface area contributed by atoms with Crippen molar-refractivity contribution in [3.8, 4) is 22.3 Å². The fraction of sp³-hybridized carbons (Fsp3) is 0.100. The van der Waals surface area contributed by atoms with Crippen LogP contribution >= 0.6 is 0 Å². The second kappa shape index (κ2) is 6.41. The van der Waals surface area contributed by atoms with Gasteiger partial charge in [0.2, 0.25) is 0 Å². The Morgan fingerprint density at radius 2 is 1.48 bits per heavy atom. The third-order valence-corrected chi connectivity index (χ3v) is 5.05. The largest absolute Gasteiger partial charge is 0.224 e. The van der Waals surface area contributed by atoms with Gasteiger partial charge in [-0.25, -0.2) is 17.2 Å². The number of aryl methyl sites for hydroxylation is 1. The van der Waals surface area contributed by atoms with Crippen molar-refractivity contribution in [2.24, 2.45) is 0 Å². The van der Waals surface area contributed by atoms with Gasteiger partial charge >= 0.3 is 0 Å². The molecule has 0 unspecified atom stereocenters. The molecule has 0 aliphatic carbocycles. The summed E-state index contributed by atoms with van der Waals surface area (Å²) in [4.78, 5) is -0.899. The van der Waals surface area contributed by atoms with Gasteiger partial charge in [0.15, 0.2) is 15.7 Å². The Kier molecular flexibility index (Phi) is 4.43. The average Bonchev–Trinajstić information content (AvgIpc) is 2.53. The molecule has 0 fully saturated rings. The molecule has 0 aromatic heterocycles. The van der Waals surface area contributed by atoms with Gasteiger partial charge in [0, 0.05) is 11.8 Å². The molecule has 0 radical (unpaired) electrons. The van der Waals surface area contributed by atoms with Crippen molar-refractivity contribution in [3.63, 3.8) is 0 Å². The first kappa shape index (κ1) is 17.3. The first-order valence-electron chi connectivity index (χ1n) is 7.63. The van der Waals surface area contributed by atoms with Crippen LogP contribution in [-0.2, 0) is 9.84 Å². The molecule has 0 spiro atoms. The molecule has 0 heterocycles. The normalized spacial score (nSPS) is 11.5. The number of hydrogen-bond donors (Lipinski definition) is 0. The topological polar surface area (TPSA) is 34.1 Å². The van der Waals surface area contributed by atoms with E-state index in [1.54, 1.807) is 48.5 Å². The van der Waals surface area contributed by atoms with E-state index < -0.39 is 26.4 Å². The van der Waals surface area contributed by atoms with Crippen molar-refractivity contribution in [1.82, 2.24) is 0 Å². The molecule has 25 heavy (non-hydrogen) atoms. The zero-order valence-electron chi connectivity index (χ0n) is 13.8. The molecule has 3 aromatic carbocycles. The fourth-order valence-corrected chi connectivity index (χ4v) is 3.71. The summed E-state index contributed by atoms with van der Waals surface area (Å²) in [5.41, 5.74) is 2.39. The summed E-state index contributed by atoms with van der Waals surface area (Å²) in [6, 6.07) is 16.9. The maximum absolute atomic E-state index is 15.2. The standard InChI is InChI=1S/C20H16F2O2S/c1-13-7-6-10-15(11-13)18-16(14-8-4-3-5-9-14)12-17(21)20(19(18)22)25(2,23)24/h3-12H,1-2H3. The highest BCUT2D eigenvalue weighted by atomic mass is 32.2. The molecule has 0 N–H and O–H groups in total. The van der Waals surface area contributed by atoms with Crippen molar-refractivity contribution in [1.29, 1.82) is 0 Å². The third-order valence-electron chi connectivity index (χ3n) is 3.94. The van der Waals surface area contributed by atoms with Crippen LogP contribution in [0.2, 0.25) is 0 Å². The van der Waals surface area contributed by atoms with E-state index in [9.17, 15) is 12.8 Å². The lowest BCUT2D eigenvalue weighted by Gasteiger charge is -2.15. The van der Waals surface area contributed by atoms with Gasteiger partial charge in [0.25, 0.3) is 0 Å². The molecule has 3 aromatic rings. The summed E-state index contributed by atoms with van der Waals surface area (Å²) >= 11 is 0. The van der Waals surface area contributed by atoms with Crippen molar-refractivity contribution in [3.05, 3.63) is 77.9 Å². The molecule has 128 valence electrons. The molecule has 0 aliphatic heterocycles. The zero-order chi connectivity index (χ0) is 18.2. The summed E-state index contributed by atoms with van der Waals surface area (Å²) < 4.78 is 53.4. The summed E-state index contributed by atoms with van der Waals surface area (Å²) in [5.74, 6) is -2.15. The summed E-state index contributed by atoms with van der Waals surface area (Å²) in [7, 11) is -4.05. The van der Waals surface area contributed by atoms with Crippen LogP contribution in [0.15, 0.2) is 65.6 Å². The highest BCUT2D eigenvalue weighted by molar-refractivity contribution is 7.90. The van der Waals surface area contributed by atoms with E-state index in [1.807, 2.05) is 13.0 Å². The maximum atomic E-state index is 15.2. The van der Waals surface area contributed by atoms with Crippen molar-refractivity contribution < 1.29 is 17.2 Å². The Hall–Kier alpha value is -2.53. The molecule has 0 aliphatic rings. The molecular weight excluding hydrogens is 342 g/mol. The zero-order valence-corrected chi connectivity index (χ0v) is 14.6. The van der Waals surface area contributed by atoms with E-state index in [1.165, 1.54) is 0 Å². The van der Waals surface area contributed by atoms with E-state index in [0.717, 1.165) is 17.9 Å². The van der Waals surface area contributed by atoms with Crippen LogP contribution in [0.1, 0.15) is 5.56 Å². The fourth-order valence-electron chi connectivity index (χ4n) is 2.87. The molecule has 0 saturated heterocycles. The second-order valence-corrected chi connectivity index (χ2v) is 7.88. The van der Waals surface area contributed by atoms with E-state index in [2.05, 4.69) is 0 Å². The van der Waals surface area contributed by atoms with Gasteiger partial charge in [0.05, 0.1) is 0 Å². The molecule has 0 saturated carbocycles. The lowest BCUT2D eigenvalue weighted by atomic mass is 9.93. The molecule has 5 heteroatoms. The molecule has 0 atom stereocenters. The Bertz CT molecular complexity index is 1040. The lowest BCUT2D eigenvalue weighted by Crippen LogP contribution is -2.07. The van der Waals surface area contributed by atoms with Crippen LogP contribution in [0.25, 0.3) is 22.3 Å². The predicted molar refractivity (Wildman–Crippen MR) is 95.1 cm³/mol. The van der Waals surface area contributed by atoms with E-state index >= 15 is 4.39 Å². The Morgan fingerprint density at radius 1 is 0.840 bits per heavy atom. The predicted octanol–water partition coefficient (Wildman–Crippen LogP) is 5.01. The van der Waals surface area contributed by atoms with E-state index in [0.29, 0.717) is 16.7 Å². The molecular formula is C20H16F2O2S. The van der Waals surface area contributed by atoms with E-state index in [-0.39, 0.29) is 5.56 Å². The number of sulfone groups is 1. The first-order valence-corrected chi connectivity index (χ1v) is 9.52. The van der Waals surface area contributed by atoms with Crippen LogP contribution in [0.5, 0.6) is 0 Å². The summed E-state index contributed by atoms with van der Waals surface area (Å²) in [5, 5.41) is 0. The SMILES string of the molecule is Cc1cccc(-c2c(-c3ccccc3)cc(F)c(S(C)(=O)=O)c2F)c1. The average molecular weight is 358 g/mol. The minimum atomic E-state index is -4.05. The summed E-state index contributed by atoms with van der Waals surface area (Å²) in [6.07, 6.45) is 0.802. The number of benzene rings is 3. The minimum absolute atomic E-state index is 0.0803.